The molecule has 0 bridgehead atoms. The minimum Gasteiger partial charge on any atom is -0.459 e. The van der Waals surface area contributed by atoms with Gasteiger partial charge in [0, 0.05) is 6.54 Å². The quantitative estimate of drug-likeness (QED) is 0.852. The summed E-state index contributed by atoms with van der Waals surface area (Å²) < 4.78 is 5.04. The predicted octanol–water partition coefficient (Wildman–Crippen LogP) is 2.69. The summed E-state index contributed by atoms with van der Waals surface area (Å²) in [7, 11) is 0. The van der Waals surface area contributed by atoms with Crippen LogP contribution in [0.15, 0.2) is 22.8 Å². The molecule has 3 heteroatoms. The van der Waals surface area contributed by atoms with Crippen molar-refractivity contribution in [3.8, 4) is 0 Å². The van der Waals surface area contributed by atoms with Crippen LogP contribution in [0.5, 0.6) is 0 Å². The molecule has 3 nitrogen and oxygen atoms in total. The number of hydrogen-bond donors (Lipinski definition) is 1. The Morgan fingerprint density at radius 2 is 2.00 bits per heavy atom. The first-order valence-corrected chi connectivity index (χ1v) is 5.69. The molecule has 1 aliphatic rings. The summed E-state index contributed by atoms with van der Waals surface area (Å²) in [6.45, 7) is 9.71. The highest BCUT2D eigenvalue weighted by molar-refractivity contribution is 5.91. The Kier molecular flexibility index (Phi) is 2.37. The Hall–Kier alpha value is -1.25. The lowest BCUT2D eigenvalue weighted by Crippen LogP contribution is -2.26. The second kappa shape index (κ2) is 3.37. The van der Waals surface area contributed by atoms with Gasteiger partial charge < -0.3 is 9.73 Å². The highest BCUT2D eigenvalue weighted by Crippen LogP contribution is 2.67. The van der Waals surface area contributed by atoms with Crippen LogP contribution in [0.25, 0.3) is 0 Å². The molecule has 1 N–H and O–H groups in total. The van der Waals surface area contributed by atoms with Crippen LogP contribution in [-0.4, -0.2) is 12.5 Å². The van der Waals surface area contributed by atoms with Crippen LogP contribution in [-0.2, 0) is 0 Å². The maximum Gasteiger partial charge on any atom is 0.286 e. The number of carbonyl (C=O) groups excluding carboxylic acids is 1. The molecule has 2 rings (SSSR count). The molecule has 1 heterocycles. The van der Waals surface area contributed by atoms with E-state index in [1.165, 1.54) is 6.26 Å². The first-order valence-electron chi connectivity index (χ1n) is 5.69. The van der Waals surface area contributed by atoms with Gasteiger partial charge in [0.1, 0.15) is 0 Å². The molecule has 1 saturated carbocycles. The monoisotopic (exact) mass is 221 g/mol. The number of nitrogens with one attached hydrogen (secondary N) is 1. The lowest BCUT2D eigenvalue weighted by atomic mass is 10.0. The zero-order chi connectivity index (χ0) is 12.0. The molecule has 0 aromatic carbocycles. The van der Waals surface area contributed by atoms with Crippen molar-refractivity contribution in [2.24, 2.45) is 16.7 Å². The van der Waals surface area contributed by atoms with Gasteiger partial charge in [-0.05, 0) is 28.9 Å². The van der Waals surface area contributed by atoms with E-state index >= 15 is 0 Å². The van der Waals surface area contributed by atoms with Crippen molar-refractivity contribution in [2.45, 2.75) is 27.7 Å². The summed E-state index contributed by atoms with van der Waals surface area (Å²) in [6, 6.07) is 3.40. The van der Waals surface area contributed by atoms with Gasteiger partial charge in [-0.25, -0.2) is 0 Å². The fraction of sp³-hybridized carbons (Fsp3) is 0.615. The fourth-order valence-electron chi connectivity index (χ4n) is 2.53. The summed E-state index contributed by atoms with van der Waals surface area (Å²) in [5.41, 5.74) is 0.618. The molecule has 1 aromatic rings. The molecule has 0 atom stereocenters. The molecule has 0 aliphatic heterocycles. The highest BCUT2D eigenvalue weighted by atomic mass is 16.3. The molecule has 16 heavy (non-hydrogen) atoms. The molecule has 1 aliphatic carbocycles. The first kappa shape index (κ1) is 11.2. The van der Waals surface area contributed by atoms with Crippen LogP contribution < -0.4 is 5.32 Å². The van der Waals surface area contributed by atoms with Gasteiger partial charge in [0.15, 0.2) is 5.76 Å². The van der Waals surface area contributed by atoms with Crippen molar-refractivity contribution in [1.29, 1.82) is 0 Å². The Balaban J connectivity index is 1.89. The lowest BCUT2D eigenvalue weighted by molar-refractivity contribution is 0.0922. The zero-order valence-corrected chi connectivity index (χ0v) is 10.3. The minimum atomic E-state index is -0.122. The molecule has 88 valence electrons. The smallest absolute Gasteiger partial charge is 0.286 e. The largest absolute Gasteiger partial charge is 0.459 e. The molecule has 0 saturated heterocycles. The van der Waals surface area contributed by atoms with Crippen molar-refractivity contribution in [1.82, 2.24) is 5.32 Å². The maximum absolute atomic E-state index is 11.7. The van der Waals surface area contributed by atoms with Gasteiger partial charge in [-0.1, -0.05) is 27.7 Å². The van der Waals surface area contributed by atoms with Crippen molar-refractivity contribution in [3.63, 3.8) is 0 Å². The van der Waals surface area contributed by atoms with Gasteiger partial charge in [-0.15, -0.1) is 0 Å². The van der Waals surface area contributed by atoms with E-state index in [0.717, 1.165) is 6.54 Å². The number of rotatable bonds is 3. The van der Waals surface area contributed by atoms with Crippen molar-refractivity contribution >= 4 is 5.91 Å². The Morgan fingerprint density at radius 3 is 2.44 bits per heavy atom. The van der Waals surface area contributed by atoms with Crippen molar-refractivity contribution in [2.75, 3.05) is 6.54 Å². The summed E-state index contributed by atoms with van der Waals surface area (Å²) in [5.74, 6) is 0.804. The van der Waals surface area contributed by atoms with Crippen LogP contribution in [0.1, 0.15) is 38.2 Å². The van der Waals surface area contributed by atoms with Gasteiger partial charge in [-0.3, -0.25) is 4.79 Å². The third-order valence-electron chi connectivity index (χ3n) is 4.53. The van der Waals surface area contributed by atoms with Gasteiger partial charge in [-0.2, -0.15) is 0 Å². The van der Waals surface area contributed by atoms with Crippen LogP contribution in [0.3, 0.4) is 0 Å². The number of amides is 1. The van der Waals surface area contributed by atoms with Crippen LogP contribution in [0.2, 0.25) is 0 Å². The summed E-state index contributed by atoms with van der Waals surface area (Å²) in [5, 5.41) is 2.93. The van der Waals surface area contributed by atoms with E-state index in [1.807, 2.05) is 0 Å². The van der Waals surface area contributed by atoms with E-state index < -0.39 is 0 Å². The summed E-state index contributed by atoms with van der Waals surface area (Å²) >= 11 is 0. The first-order chi connectivity index (χ1) is 7.37. The third-order valence-corrected chi connectivity index (χ3v) is 4.53. The second-order valence-corrected chi connectivity index (χ2v) is 5.68. The van der Waals surface area contributed by atoms with Gasteiger partial charge in [0.05, 0.1) is 6.26 Å². The fourth-order valence-corrected chi connectivity index (χ4v) is 2.53. The third kappa shape index (κ3) is 1.55. The molecule has 1 aromatic heterocycles. The zero-order valence-electron chi connectivity index (χ0n) is 10.3. The van der Waals surface area contributed by atoms with E-state index in [-0.39, 0.29) is 5.91 Å². The van der Waals surface area contributed by atoms with Gasteiger partial charge >= 0.3 is 0 Å². The van der Waals surface area contributed by atoms with Crippen molar-refractivity contribution in [3.05, 3.63) is 24.2 Å². The average Bonchev–Trinajstić information content (AvgIpc) is 2.66. The standard InChI is InChI=1S/C13H19NO2/c1-12(2)10(13(12,3)4)8-14-11(15)9-6-5-7-16-9/h5-7,10H,8H2,1-4H3,(H,14,15). The number of furan rings is 1. The molecule has 1 fully saturated rings. The summed E-state index contributed by atoms with van der Waals surface area (Å²) in [6.07, 6.45) is 1.51. The second-order valence-electron chi connectivity index (χ2n) is 5.68. The SMILES string of the molecule is CC1(C)C(CNC(=O)c2ccco2)C1(C)C. The normalized spacial score (nSPS) is 21.8. The molecule has 0 spiro atoms. The summed E-state index contributed by atoms with van der Waals surface area (Å²) in [4.78, 5) is 11.7. The van der Waals surface area contributed by atoms with Crippen LogP contribution in [0, 0.1) is 16.7 Å². The Morgan fingerprint density at radius 1 is 1.38 bits per heavy atom. The van der Waals surface area contributed by atoms with E-state index in [9.17, 15) is 4.79 Å². The van der Waals surface area contributed by atoms with Crippen LogP contribution in [0.4, 0.5) is 0 Å². The molecule has 0 unspecified atom stereocenters. The maximum atomic E-state index is 11.7. The average molecular weight is 221 g/mol. The van der Waals surface area contributed by atoms with E-state index in [1.54, 1.807) is 12.1 Å². The van der Waals surface area contributed by atoms with E-state index in [0.29, 0.717) is 22.5 Å². The van der Waals surface area contributed by atoms with Gasteiger partial charge in [0.2, 0.25) is 0 Å². The van der Waals surface area contributed by atoms with Gasteiger partial charge in [0.25, 0.3) is 5.91 Å². The Labute approximate surface area is 96.2 Å². The number of hydrogen-bond acceptors (Lipinski definition) is 2. The lowest BCUT2D eigenvalue weighted by Gasteiger charge is -2.04. The predicted molar refractivity (Wildman–Crippen MR) is 62.1 cm³/mol. The molecular formula is C13H19NO2. The van der Waals surface area contributed by atoms with Crippen molar-refractivity contribution < 1.29 is 9.21 Å². The Bertz CT molecular complexity index is 376. The molecular weight excluding hydrogens is 202 g/mol. The number of carbonyl (C=O) groups is 1. The van der Waals surface area contributed by atoms with Crippen LogP contribution >= 0.6 is 0 Å². The highest BCUT2D eigenvalue weighted by Gasteiger charge is 2.64. The van der Waals surface area contributed by atoms with E-state index in [4.69, 9.17) is 4.42 Å². The topological polar surface area (TPSA) is 42.2 Å². The molecule has 0 radical (unpaired) electrons. The van der Waals surface area contributed by atoms with E-state index in [2.05, 4.69) is 33.0 Å². The molecule has 1 amide bonds. The minimum absolute atomic E-state index is 0.122.